The van der Waals surface area contributed by atoms with Crippen LogP contribution in [0, 0.1) is 0 Å². The average Bonchev–Trinajstić information content (AvgIpc) is 3.82. The van der Waals surface area contributed by atoms with Crippen LogP contribution in [0.2, 0.25) is 0 Å². The van der Waals surface area contributed by atoms with Crippen molar-refractivity contribution in [1.82, 2.24) is 19.5 Å². The zero-order valence-corrected chi connectivity index (χ0v) is 27.9. The van der Waals surface area contributed by atoms with Crippen LogP contribution in [0.1, 0.15) is 0 Å². The van der Waals surface area contributed by atoms with Gasteiger partial charge >= 0.3 is 0 Å². The Labute approximate surface area is 298 Å². The molecule has 0 aliphatic carbocycles. The molecule has 3 heterocycles. The topological polar surface area (TPSA) is 56.7 Å². The van der Waals surface area contributed by atoms with Crippen LogP contribution < -0.4 is 0 Å². The van der Waals surface area contributed by atoms with Gasteiger partial charge in [0.2, 0.25) is 11.8 Å². The van der Waals surface area contributed by atoms with Crippen LogP contribution in [-0.2, 0) is 0 Å². The highest BCUT2D eigenvalue weighted by Gasteiger charge is 2.25. The molecule has 5 heteroatoms. The molecule has 8 aromatic carbocycles. The monoisotopic (exact) mass is 664 g/mol. The Morgan fingerprint density at radius 3 is 1.71 bits per heavy atom. The summed E-state index contributed by atoms with van der Waals surface area (Å²) in [6.07, 6.45) is 0. The van der Waals surface area contributed by atoms with Gasteiger partial charge in [-0.05, 0) is 57.6 Å². The maximum Gasteiger partial charge on any atom is 0.235 e. The fraction of sp³-hybridized carbons (Fsp3) is 0. The lowest BCUT2D eigenvalue weighted by atomic mass is 9.96. The Bertz CT molecular complexity index is 3160. The van der Waals surface area contributed by atoms with Crippen LogP contribution >= 0.6 is 0 Å². The summed E-state index contributed by atoms with van der Waals surface area (Å²) in [5, 5.41) is 7.70. The highest BCUT2D eigenvalue weighted by Crippen LogP contribution is 2.45. The van der Waals surface area contributed by atoms with Gasteiger partial charge in [0, 0.05) is 27.3 Å². The summed E-state index contributed by atoms with van der Waals surface area (Å²) < 4.78 is 8.97. The molecule has 52 heavy (non-hydrogen) atoms. The number of hydrogen-bond donors (Lipinski definition) is 0. The van der Waals surface area contributed by atoms with Crippen molar-refractivity contribution in [3.8, 4) is 39.8 Å². The van der Waals surface area contributed by atoms with E-state index in [9.17, 15) is 0 Å². The summed E-state index contributed by atoms with van der Waals surface area (Å²) in [5.41, 5.74) is 9.62. The fourth-order valence-corrected chi connectivity index (χ4v) is 7.89. The molecule has 0 spiro atoms. The molecule has 242 valence electrons. The maximum atomic E-state index is 6.73. The van der Waals surface area contributed by atoms with Crippen LogP contribution in [-0.4, -0.2) is 19.5 Å². The lowest BCUT2D eigenvalue weighted by Gasteiger charge is -2.14. The lowest BCUT2D eigenvalue weighted by molar-refractivity contribution is 0.623. The van der Waals surface area contributed by atoms with Crippen molar-refractivity contribution in [1.29, 1.82) is 0 Å². The van der Waals surface area contributed by atoms with Gasteiger partial charge in [0.05, 0.1) is 27.6 Å². The van der Waals surface area contributed by atoms with Gasteiger partial charge in [-0.1, -0.05) is 140 Å². The Hall–Kier alpha value is -7.11. The van der Waals surface area contributed by atoms with E-state index in [4.69, 9.17) is 19.4 Å². The molecular weight excluding hydrogens is 637 g/mol. The molecule has 11 rings (SSSR count). The highest BCUT2D eigenvalue weighted by atomic mass is 16.3. The van der Waals surface area contributed by atoms with E-state index >= 15 is 0 Å². The molecule has 5 nitrogen and oxygen atoms in total. The largest absolute Gasteiger partial charge is 0.435 e. The van der Waals surface area contributed by atoms with Gasteiger partial charge in [-0.2, -0.15) is 0 Å². The van der Waals surface area contributed by atoms with Gasteiger partial charge in [-0.15, -0.1) is 0 Å². The first-order valence-corrected chi connectivity index (χ1v) is 17.5. The van der Waals surface area contributed by atoms with Crippen LogP contribution in [0.15, 0.2) is 174 Å². The van der Waals surface area contributed by atoms with E-state index in [-0.39, 0.29) is 0 Å². The molecule has 0 saturated carbocycles. The Balaban J connectivity index is 1.26. The Morgan fingerprint density at radius 2 is 0.962 bits per heavy atom. The minimum Gasteiger partial charge on any atom is -0.435 e. The quantitative estimate of drug-likeness (QED) is 0.176. The van der Waals surface area contributed by atoms with Crippen molar-refractivity contribution in [3.63, 3.8) is 0 Å². The van der Waals surface area contributed by atoms with Crippen LogP contribution in [0.4, 0.5) is 0 Å². The van der Waals surface area contributed by atoms with E-state index in [1.165, 1.54) is 16.3 Å². The SMILES string of the molecule is c1ccc(-c2ccc(-c3nc(-n4c5ccc6nc(-c7ccccc7)oc6c5c5c6ccccc6c6ccccc6c54)nc4ccccc34)cc2)cc1. The molecule has 0 atom stereocenters. The van der Waals surface area contributed by atoms with Crippen molar-refractivity contribution in [2.45, 2.75) is 0 Å². The smallest absolute Gasteiger partial charge is 0.235 e. The number of para-hydroxylation sites is 1. The summed E-state index contributed by atoms with van der Waals surface area (Å²) in [4.78, 5) is 15.7. The molecule has 0 unspecified atom stereocenters. The number of nitrogens with zero attached hydrogens (tertiary/aromatic N) is 4. The predicted molar refractivity (Wildman–Crippen MR) is 213 cm³/mol. The first-order valence-electron chi connectivity index (χ1n) is 17.5. The van der Waals surface area contributed by atoms with E-state index in [2.05, 4.69) is 132 Å². The fourth-order valence-electron chi connectivity index (χ4n) is 7.89. The van der Waals surface area contributed by atoms with Gasteiger partial charge in [0.1, 0.15) is 5.52 Å². The predicted octanol–water partition coefficient (Wildman–Crippen LogP) is 12.2. The van der Waals surface area contributed by atoms with Crippen LogP contribution in [0.25, 0.3) is 105 Å². The molecule has 11 aromatic rings. The molecule has 0 aliphatic heterocycles. The molecule has 3 aromatic heterocycles. The zero-order valence-electron chi connectivity index (χ0n) is 27.9. The second-order valence-electron chi connectivity index (χ2n) is 13.2. The van der Waals surface area contributed by atoms with E-state index in [1.807, 2.05) is 42.5 Å². The molecule has 0 aliphatic rings. The number of hydrogen-bond acceptors (Lipinski definition) is 4. The summed E-state index contributed by atoms with van der Waals surface area (Å²) in [6.45, 7) is 0. The van der Waals surface area contributed by atoms with E-state index in [0.29, 0.717) is 11.8 Å². The third-order valence-electron chi connectivity index (χ3n) is 10.2. The number of aromatic nitrogens is 4. The third kappa shape index (κ3) is 4.26. The summed E-state index contributed by atoms with van der Waals surface area (Å²) >= 11 is 0. The average molecular weight is 665 g/mol. The Kier molecular flexibility index (Phi) is 6.18. The third-order valence-corrected chi connectivity index (χ3v) is 10.2. The zero-order chi connectivity index (χ0) is 34.2. The number of benzene rings is 8. The van der Waals surface area contributed by atoms with Crippen LogP contribution in [0.5, 0.6) is 0 Å². The van der Waals surface area contributed by atoms with Gasteiger partial charge in [0.15, 0.2) is 5.58 Å². The second-order valence-corrected chi connectivity index (χ2v) is 13.2. The molecule has 0 fully saturated rings. The van der Waals surface area contributed by atoms with Crippen molar-refractivity contribution >= 4 is 65.4 Å². The lowest BCUT2D eigenvalue weighted by Crippen LogP contribution is -2.04. The Morgan fingerprint density at radius 1 is 0.385 bits per heavy atom. The summed E-state index contributed by atoms with van der Waals surface area (Å²) in [5.74, 6) is 1.20. The molecular formula is C47H28N4O. The first-order chi connectivity index (χ1) is 25.8. The minimum atomic E-state index is 0.595. The van der Waals surface area contributed by atoms with Gasteiger partial charge in [-0.25, -0.2) is 15.0 Å². The van der Waals surface area contributed by atoms with Crippen molar-refractivity contribution < 1.29 is 4.42 Å². The number of rotatable bonds is 4. The van der Waals surface area contributed by atoms with E-state index in [0.717, 1.165) is 77.0 Å². The maximum absolute atomic E-state index is 6.73. The van der Waals surface area contributed by atoms with Crippen LogP contribution in [0.3, 0.4) is 0 Å². The first kappa shape index (κ1) is 28.7. The number of fused-ring (bicyclic) bond motifs is 11. The minimum absolute atomic E-state index is 0.595. The van der Waals surface area contributed by atoms with E-state index < -0.39 is 0 Å². The summed E-state index contributed by atoms with van der Waals surface area (Å²) in [7, 11) is 0. The van der Waals surface area contributed by atoms with Crippen molar-refractivity contribution in [2.24, 2.45) is 0 Å². The van der Waals surface area contributed by atoms with Gasteiger partial charge in [-0.3, -0.25) is 4.57 Å². The molecule has 0 amide bonds. The molecule has 0 radical (unpaired) electrons. The normalized spacial score (nSPS) is 11.8. The molecule has 0 bridgehead atoms. The highest BCUT2D eigenvalue weighted by molar-refractivity contribution is 6.35. The van der Waals surface area contributed by atoms with Crippen molar-refractivity contribution in [3.05, 3.63) is 170 Å². The molecule has 0 N–H and O–H groups in total. The molecule has 0 saturated heterocycles. The summed E-state index contributed by atoms with van der Waals surface area (Å²) in [6, 6.07) is 59.0. The standard InChI is InChI=1S/C47H28N4O/c1-3-13-29(14-4-1)30-23-25-31(26-24-30)43-37-21-11-12-22-38(37)49-47(50-43)51-40-28-27-39-45(52-46(48-39)32-15-5-2-6-16-32)42(40)41-35-19-9-7-17-33(35)34-18-8-10-20-36(34)44(41)51/h1-28H. The van der Waals surface area contributed by atoms with Gasteiger partial charge < -0.3 is 4.42 Å². The van der Waals surface area contributed by atoms with E-state index in [1.54, 1.807) is 0 Å². The number of oxazole rings is 1. The van der Waals surface area contributed by atoms with Gasteiger partial charge in [0.25, 0.3) is 0 Å². The second kappa shape index (κ2) is 11.2. The van der Waals surface area contributed by atoms with Crippen molar-refractivity contribution in [2.75, 3.05) is 0 Å².